The average Bonchev–Trinajstić information content (AvgIpc) is 2.74. The lowest BCUT2D eigenvalue weighted by Crippen LogP contribution is -2.33. The van der Waals surface area contributed by atoms with Gasteiger partial charge in [-0.3, -0.25) is 0 Å². The molecule has 1 aliphatic heterocycles. The Bertz CT molecular complexity index is 345. The minimum absolute atomic E-state index is 0.128. The summed E-state index contributed by atoms with van der Waals surface area (Å²) in [5, 5.41) is 3.33. The van der Waals surface area contributed by atoms with E-state index in [1.165, 1.54) is 0 Å². The second-order valence-electron chi connectivity index (χ2n) is 4.19. The molecule has 1 atom stereocenters. The highest BCUT2D eigenvalue weighted by Gasteiger charge is 2.19. The minimum atomic E-state index is -0.128. The van der Waals surface area contributed by atoms with Gasteiger partial charge in [-0.15, -0.1) is 0 Å². The van der Waals surface area contributed by atoms with Crippen molar-refractivity contribution in [1.29, 1.82) is 0 Å². The van der Waals surface area contributed by atoms with E-state index in [1.54, 1.807) is 13.0 Å². The van der Waals surface area contributed by atoms with Crippen molar-refractivity contribution in [1.82, 2.24) is 5.32 Å². The van der Waals surface area contributed by atoms with Crippen LogP contribution in [0, 0.1) is 12.7 Å². The van der Waals surface area contributed by atoms with Gasteiger partial charge >= 0.3 is 0 Å². The van der Waals surface area contributed by atoms with E-state index in [-0.39, 0.29) is 5.82 Å². The molecule has 0 saturated carbocycles. The summed E-state index contributed by atoms with van der Waals surface area (Å²) in [7, 11) is 2.07. The number of hydrogen-bond acceptors (Lipinski definition) is 2. The van der Waals surface area contributed by atoms with Crippen LogP contribution in [-0.2, 0) is 0 Å². The predicted molar refractivity (Wildman–Crippen MR) is 60.8 cm³/mol. The fourth-order valence-corrected chi connectivity index (χ4v) is 2.03. The Morgan fingerprint density at radius 2 is 2.27 bits per heavy atom. The second-order valence-corrected chi connectivity index (χ2v) is 4.19. The number of nitrogens with zero attached hydrogens (tertiary/aromatic N) is 1. The third-order valence-corrected chi connectivity index (χ3v) is 3.13. The first-order valence-electron chi connectivity index (χ1n) is 5.38. The van der Waals surface area contributed by atoms with Gasteiger partial charge in [-0.1, -0.05) is 0 Å². The van der Waals surface area contributed by atoms with Crippen LogP contribution in [0.2, 0.25) is 0 Å². The number of benzene rings is 1. The monoisotopic (exact) mass is 208 g/mol. The van der Waals surface area contributed by atoms with Crippen LogP contribution in [0.25, 0.3) is 0 Å². The van der Waals surface area contributed by atoms with Crippen molar-refractivity contribution < 1.29 is 4.39 Å². The van der Waals surface area contributed by atoms with Crippen molar-refractivity contribution in [3.63, 3.8) is 0 Å². The van der Waals surface area contributed by atoms with Gasteiger partial charge in [-0.2, -0.15) is 0 Å². The first-order chi connectivity index (χ1) is 7.18. The van der Waals surface area contributed by atoms with Crippen LogP contribution < -0.4 is 10.2 Å². The molecule has 0 radical (unpaired) electrons. The van der Waals surface area contributed by atoms with Crippen molar-refractivity contribution in [3.8, 4) is 0 Å². The number of hydrogen-bond donors (Lipinski definition) is 1. The Hall–Kier alpha value is -1.09. The summed E-state index contributed by atoms with van der Waals surface area (Å²) in [6, 6.07) is 5.84. The molecule has 1 fully saturated rings. The van der Waals surface area contributed by atoms with Crippen LogP contribution >= 0.6 is 0 Å². The third-order valence-electron chi connectivity index (χ3n) is 3.13. The van der Waals surface area contributed by atoms with Gasteiger partial charge in [0.25, 0.3) is 0 Å². The van der Waals surface area contributed by atoms with Crippen LogP contribution in [-0.4, -0.2) is 26.2 Å². The van der Waals surface area contributed by atoms with Crippen LogP contribution in [0.5, 0.6) is 0 Å². The molecule has 2 nitrogen and oxygen atoms in total. The number of rotatable bonds is 2. The van der Waals surface area contributed by atoms with Crippen molar-refractivity contribution in [2.75, 3.05) is 25.0 Å². The van der Waals surface area contributed by atoms with Crippen molar-refractivity contribution >= 4 is 5.69 Å². The molecule has 1 aromatic rings. The lowest BCUT2D eigenvalue weighted by atomic mass is 10.1. The van der Waals surface area contributed by atoms with Gasteiger partial charge < -0.3 is 10.2 Å². The fourth-order valence-electron chi connectivity index (χ4n) is 2.03. The Labute approximate surface area is 90.1 Å². The molecule has 82 valence electrons. The molecule has 1 unspecified atom stereocenters. The zero-order valence-corrected chi connectivity index (χ0v) is 9.26. The van der Waals surface area contributed by atoms with Gasteiger partial charge in [0.1, 0.15) is 5.82 Å². The maximum atomic E-state index is 13.1. The molecule has 2 rings (SSSR count). The van der Waals surface area contributed by atoms with E-state index in [4.69, 9.17) is 0 Å². The maximum absolute atomic E-state index is 13.1. The zero-order chi connectivity index (χ0) is 10.8. The largest absolute Gasteiger partial charge is 0.370 e. The highest BCUT2D eigenvalue weighted by molar-refractivity contribution is 5.49. The number of anilines is 1. The third kappa shape index (κ3) is 2.12. The molecule has 0 spiro atoms. The summed E-state index contributed by atoms with van der Waals surface area (Å²) in [6.45, 7) is 3.90. The molecule has 0 aliphatic carbocycles. The van der Waals surface area contributed by atoms with Crippen LogP contribution in [0.4, 0.5) is 10.1 Å². The topological polar surface area (TPSA) is 15.3 Å². The highest BCUT2D eigenvalue weighted by atomic mass is 19.1. The normalized spacial score (nSPS) is 20.6. The first kappa shape index (κ1) is 10.4. The quantitative estimate of drug-likeness (QED) is 0.799. The van der Waals surface area contributed by atoms with Gasteiger partial charge in [0, 0.05) is 25.3 Å². The molecular formula is C12H17FN2. The van der Waals surface area contributed by atoms with Crippen LogP contribution in [0.15, 0.2) is 18.2 Å². The summed E-state index contributed by atoms with van der Waals surface area (Å²) in [5.41, 5.74) is 1.81. The van der Waals surface area contributed by atoms with Crippen molar-refractivity contribution in [2.24, 2.45) is 0 Å². The van der Waals surface area contributed by atoms with E-state index in [0.717, 1.165) is 25.2 Å². The molecule has 1 aliphatic rings. The molecule has 3 heteroatoms. The number of aryl methyl sites for hydroxylation is 1. The predicted octanol–water partition coefficient (Wildman–Crippen LogP) is 1.93. The number of likely N-dealkylation sites (N-methyl/N-ethyl adjacent to an activating group) is 1. The van der Waals surface area contributed by atoms with Gasteiger partial charge in [0.05, 0.1) is 0 Å². The molecule has 15 heavy (non-hydrogen) atoms. The molecule has 0 aromatic heterocycles. The second kappa shape index (κ2) is 4.19. The molecule has 1 aromatic carbocycles. The Kier molecular flexibility index (Phi) is 2.91. The summed E-state index contributed by atoms with van der Waals surface area (Å²) in [5.74, 6) is -0.128. The van der Waals surface area contributed by atoms with Crippen LogP contribution in [0.3, 0.4) is 0 Å². The summed E-state index contributed by atoms with van der Waals surface area (Å²) in [6.07, 6.45) is 1.16. The van der Waals surface area contributed by atoms with Crippen molar-refractivity contribution in [2.45, 2.75) is 19.4 Å². The van der Waals surface area contributed by atoms with E-state index in [0.29, 0.717) is 11.6 Å². The lowest BCUT2D eigenvalue weighted by molar-refractivity contribution is 0.617. The Morgan fingerprint density at radius 1 is 1.47 bits per heavy atom. The van der Waals surface area contributed by atoms with E-state index < -0.39 is 0 Å². The SMILES string of the molecule is Cc1cc(N(C)C2CCNC2)ccc1F. The van der Waals surface area contributed by atoms with Gasteiger partial charge in [0.15, 0.2) is 0 Å². The molecule has 0 amide bonds. The summed E-state index contributed by atoms with van der Waals surface area (Å²) < 4.78 is 13.1. The smallest absolute Gasteiger partial charge is 0.126 e. The van der Waals surface area contributed by atoms with E-state index in [9.17, 15) is 4.39 Å². The molecule has 1 N–H and O–H groups in total. The molecule has 1 heterocycles. The van der Waals surface area contributed by atoms with Gasteiger partial charge in [-0.05, 0) is 43.7 Å². The number of halogens is 1. The van der Waals surface area contributed by atoms with Crippen molar-refractivity contribution in [3.05, 3.63) is 29.6 Å². The summed E-state index contributed by atoms with van der Waals surface area (Å²) in [4.78, 5) is 2.23. The molecular weight excluding hydrogens is 191 g/mol. The Balaban J connectivity index is 2.17. The average molecular weight is 208 g/mol. The zero-order valence-electron chi connectivity index (χ0n) is 9.26. The first-order valence-corrected chi connectivity index (χ1v) is 5.38. The number of nitrogens with one attached hydrogen (secondary N) is 1. The lowest BCUT2D eigenvalue weighted by Gasteiger charge is -2.26. The maximum Gasteiger partial charge on any atom is 0.126 e. The molecule has 0 bridgehead atoms. The van der Waals surface area contributed by atoms with E-state index in [1.807, 2.05) is 12.1 Å². The van der Waals surface area contributed by atoms with E-state index >= 15 is 0 Å². The molecule has 1 saturated heterocycles. The summed E-state index contributed by atoms with van der Waals surface area (Å²) >= 11 is 0. The van der Waals surface area contributed by atoms with E-state index in [2.05, 4.69) is 17.3 Å². The Morgan fingerprint density at radius 3 is 2.87 bits per heavy atom. The standard InChI is InChI=1S/C12H17FN2/c1-9-7-10(3-4-12(9)13)15(2)11-5-6-14-8-11/h3-4,7,11,14H,5-6,8H2,1-2H3. The minimum Gasteiger partial charge on any atom is -0.370 e. The van der Waals surface area contributed by atoms with Gasteiger partial charge in [-0.25, -0.2) is 4.39 Å². The van der Waals surface area contributed by atoms with Crippen LogP contribution in [0.1, 0.15) is 12.0 Å². The fraction of sp³-hybridized carbons (Fsp3) is 0.500. The van der Waals surface area contributed by atoms with Gasteiger partial charge in [0.2, 0.25) is 0 Å². The highest BCUT2D eigenvalue weighted by Crippen LogP contribution is 2.21.